The molecule has 0 bridgehead atoms. The van der Waals surface area contributed by atoms with Crippen molar-refractivity contribution in [3.8, 4) is 0 Å². The Labute approximate surface area is 72.2 Å². The molecular formula is C8H14N4. The van der Waals surface area contributed by atoms with E-state index in [1.54, 1.807) is 12.3 Å². The van der Waals surface area contributed by atoms with Crippen molar-refractivity contribution in [1.82, 2.24) is 9.97 Å². The molecule has 1 aromatic rings. The van der Waals surface area contributed by atoms with E-state index in [4.69, 9.17) is 5.84 Å². The molecule has 12 heavy (non-hydrogen) atoms. The molecule has 0 aromatic carbocycles. The Morgan fingerprint density at radius 1 is 1.42 bits per heavy atom. The molecule has 0 aliphatic rings. The van der Waals surface area contributed by atoms with Crippen molar-refractivity contribution in [2.45, 2.75) is 26.2 Å². The number of anilines is 1. The smallest absolute Gasteiger partial charge is 0.143 e. The van der Waals surface area contributed by atoms with Gasteiger partial charge in [0.2, 0.25) is 0 Å². The third-order valence-electron chi connectivity index (χ3n) is 1.47. The molecule has 1 heterocycles. The Morgan fingerprint density at radius 2 is 2.08 bits per heavy atom. The summed E-state index contributed by atoms with van der Waals surface area (Å²) in [5, 5.41) is 0. The number of rotatable bonds is 1. The second-order valence-corrected chi connectivity index (χ2v) is 3.66. The molecule has 0 saturated heterocycles. The maximum absolute atomic E-state index is 5.22. The molecule has 3 N–H and O–H groups in total. The molecule has 0 atom stereocenters. The van der Waals surface area contributed by atoms with E-state index in [-0.39, 0.29) is 5.41 Å². The molecule has 0 saturated carbocycles. The fraction of sp³-hybridized carbons (Fsp3) is 0.500. The summed E-state index contributed by atoms with van der Waals surface area (Å²) < 4.78 is 0. The average Bonchev–Trinajstić information content (AvgIpc) is 2.03. The monoisotopic (exact) mass is 166 g/mol. The summed E-state index contributed by atoms with van der Waals surface area (Å²) in [7, 11) is 0. The van der Waals surface area contributed by atoms with Crippen LogP contribution < -0.4 is 11.3 Å². The number of nitrogens with zero attached hydrogens (tertiary/aromatic N) is 2. The van der Waals surface area contributed by atoms with Crippen LogP contribution in [0.15, 0.2) is 12.3 Å². The van der Waals surface area contributed by atoms with E-state index in [1.807, 2.05) is 0 Å². The van der Waals surface area contributed by atoms with Gasteiger partial charge in [-0.15, -0.1) is 0 Å². The molecule has 1 rings (SSSR count). The standard InChI is InChI=1S/C8H14N4/c1-8(2,3)7-10-5-4-6(11-7)12-9/h4-5H,9H2,1-3H3,(H,10,11,12). The van der Waals surface area contributed by atoms with Gasteiger partial charge >= 0.3 is 0 Å². The Hall–Kier alpha value is -1.16. The fourth-order valence-corrected chi connectivity index (χ4v) is 0.800. The number of nitrogens with two attached hydrogens (primary N) is 1. The maximum atomic E-state index is 5.22. The van der Waals surface area contributed by atoms with E-state index >= 15 is 0 Å². The van der Waals surface area contributed by atoms with Crippen LogP contribution in [0.5, 0.6) is 0 Å². The second kappa shape index (κ2) is 3.06. The van der Waals surface area contributed by atoms with Gasteiger partial charge in [0.1, 0.15) is 11.6 Å². The first-order valence-corrected chi connectivity index (χ1v) is 3.84. The highest BCUT2D eigenvalue weighted by atomic mass is 15.3. The van der Waals surface area contributed by atoms with Gasteiger partial charge in [-0.3, -0.25) is 0 Å². The zero-order valence-corrected chi connectivity index (χ0v) is 7.63. The number of hydrogen-bond donors (Lipinski definition) is 2. The van der Waals surface area contributed by atoms with Crippen molar-refractivity contribution >= 4 is 5.82 Å². The minimum absolute atomic E-state index is 0.0349. The van der Waals surface area contributed by atoms with Gasteiger partial charge < -0.3 is 5.43 Å². The molecule has 4 heteroatoms. The van der Waals surface area contributed by atoms with Crippen LogP contribution in [0.4, 0.5) is 5.82 Å². The van der Waals surface area contributed by atoms with Gasteiger partial charge in [-0.05, 0) is 0 Å². The third kappa shape index (κ3) is 1.92. The normalized spacial score (nSPS) is 11.3. The van der Waals surface area contributed by atoms with Crippen molar-refractivity contribution in [2.24, 2.45) is 5.84 Å². The summed E-state index contributed by atoms with van der Waals surface area (Å²) in [6.07, 6.45) is 1.70. The Morgan fingerprint density at radius 3 is 2.58 bits per heavy atom. The molecule has 0 aliphatic carbocycles. The fourth-order valence-electron chi connectivity index (χ4n) is 0.800. The Balaban J connectivity index is 3.02. The van der Waals surface area contributed by atoms with Gasteiger partial charge in [0, 0.05) is 17.7 Å². The van der Waals surface area contributed by atoms with Crippen LogP contribution in [-0.4, -0.2) is 9.97 Å². The van der Waals surface area contributed by atoms with Gasteiger partial charge in [-0.2, -0.15) is 0 Å². The van der Waals surface area contributed by atoms with Crippen molar-refractivity contribution in [1.29, 1.82) is 0 Å². The molecule has 1 aromatic heterocycles. The van der Waals surface area contributed by atoms with Crippen LogP contribution >= 0.6 is 0 Å². The first-order chi connectivity index (χ1) is 5.54. The maximum Gasteiger partial charge on any atom is 0.143 e. The van der Waals surface area contributed by atoms with E-state index in [1.165, 1.54) is 0 Å². The molecule has 66 valence electrons. The highest BCUT2D eigenvalue weighted by molar-refractivity contribution is 5.31. The van der Waals surface area contributed by atoms with Gasteiger partial charge in [0.15, 0.2) is 0 Å². The molecule has 0 unspecified atom stereocenters. The average molecular weight is 166 g/mol. The first kappa shape index (κ1) is 8.93. The predicted octanol–water partition coefficient (Wildman–Crippen LogP) is 1.06. The van der Waals surface area contributed by atoms with Gasteiger partial charge in [0.25, 0.3) is 0 Å². The summed E-state index contributed by atoms with van der Waals surface area (Å²) in [5.74, 6) is 6.66. The van der Waals surface area contributed by atoms with Crippen molar-refractivity contribution in [2.75, 3.05) is 5.43 Å². The SMILES string of the molecule is CC(C)(C)c1nccc(NN)n1. The van der Waals surface area contributed by atoms with Crippen molar-refractivity contribution in [3.05, 3.63) is 18.1 Å². The summed E-state index contributed by atoms with van der Waals surface area (Å²) in [4.78, 5) is 8.37. The molecule has 0 aliphatic heterocycles. The van der Waals surface area contributed by atoms with Crippen molar-refractivity contribution in [3.63, 3.8) is 0 Å². The topological polar surface area (TPSA) is 63.8 Å². The van der Waals surface area contributed by atoms with Crippen LogP contribution in [0, 0.1) is 0 Å². The number of nitrogen functional groups attached to an aromatic ring is 1. The van der Waals surface area contributed by atoms with Crippen LogP contribution in [0.25, 0.3) is 0 Å². The zero-order valence-electron chi connectivity index (χ0n) is 7.63. The third-order valence-corrected chi connectivity index (χ3v) is 1.47. The number of nitrogens with one attached hydrogen (secondary N) is 1. The van der Waals surface area contributed by atoms with Crippen LogP contribution in [0.3, 0.4) is 0 Å². The van der Waals surface area contributed by atoms with E-state index in [0.29, 0.717) is 5.82 Å². The molecule has 0 amide bonds. The van der Waals surface area contributed by atoms with Crippen LogP contribution in [0.1, 0.15) is 26.6 Å². The minimum Gasteiger partial charge on any atom is -0.308 e. The summed E-state index contributed by atoms with van der Waals surface area (Å²) in [6.45, 7) is 6.17. The van der Waals surface area contributed by atoms with E-state index in [9.17, 15) is 0 Å². The zero-order chi connectivity index (χ0) is 9.19. The Kier molecular flexibility index (Phi) is 2.28. The lowest BCUT2D eigenvalue weighted by molar-refractivity contribution is 0.546. The van der Waals surface area contributed by atoms with Crippen LogP contribution in [0.2, 0.25) is 0 Å². The summed E-state index contributed by atoms with van der Waals surface area (Å²) >= 11 is 0. The van der Waals surface area contributed by atoms with E-state index in [0.717, 1.165) is 5.82 Å². The molecule has 0 radical (unpaired) electrons. The number of hydrazine groups is 1. The van der Waals surface area contributed by atoms with Gasteiger partial charge in [-0.1, -0.05) is 20.8 Å². The van der Waals surface area contributed by atoms with E-state index in [2.05, 4.69) is 36.2 Å². The highest BCUT2D eigenvalue weighted by Crippen LogP contribution is 2.18. The molecule has 4 nitrogen and oxygen atoms in total. The predicted molar refractivity (Wildman–Crippen MR) is 48.5 cm³/mol. The Bertz CT molecular complexity index is 264. The molecule has 0 fully saturated rings. The number of aromatic nitrogens is 2. The quantitative estimate of drug-likeness (QED) is 0.483. The lowest BCUT2D eigenvalue weighted by Gasteiger charge is -2.16. The van der Waals surface area contributed by atoms with Crippen molar-refractivity contribution < 1.29 is 0 Å². The van der Waals surface area contributed by atoms with Gasteiger partial charge in [0.05, 0.1) is 0 Å². The van der Waals surface area contributed by atoms with Crippen LogP contribution in [-0.2, 0) is 5.41 Å². The first-order valence-electron chi connectivity index (χ1n) is 3.84. The summed E-state index contributed by atoms with van der Waals surface area (Å²) in [5.41, 5.74) is 2.45. The molecule has 0 spiro atoms. The van der Waals surface area contributed by atoms with E-state index < -0.39 is 0 Å². The minimum atomic E-state index is -0.0349. The van der Waals surface area contributed by atoms with Gasteiger partial charge in [-0.25, -0.2) is 15.8 Å². The lowest BCUT2D eigenvalue weighted by Crippen LogP contribution is -2.18. The summed E-state index contributed by atoms with van der Waals surface area (Å²) in [6, 6.07) is 1.73. The second-order valence-electron chi connectivity index (χ2n) is 3.66. The molecular weight excluding hydrogens is 152 g/mol. The lowest BCUT2D eigenvalue weighted by atomic mass is 9.96. The number of hydrogen-bond acceptors (Lipinski definition) is 4. The highest BCUT2D eigenvalue weighted by Gasteiger charge is 2.16. The largest absolute Gasteiger partial charge is 0.308 e.